The Balaban J connectivity index is 2.98. The summed E-state index contributed by atoms with van der Waals surface area (Å²) in [4.78, 5) is 9.77. The van der Waals surface area contributed by atoms with Crippen molar-refractivity contribution in [1.82, 2.24) is 0 Å². The molecule has 0 N–H and O–H groups in total. The van der Waals surface area contributed by atoms with Gasteiger partial charge >= 0.3 is 0 Å². The summed E-state index contributed by atoms with van der Waals surface area (Å²) in [6, 6.07) is 0. The third-order valence-electron chi connectivity index (χ3n) is 1.20. The van der Waals surface area contributed by atoms with Gasteiger partial charge in [0.05, 0.1) is 0 Å². The summed E-state index contributed by atoms with van der Waals surface area (Å²) >= 11 is 0. The van der Waals surface area contributed by atoms with Gasteiger partial charge in [0.2, 0.25) is 0 Å². The van der Waals surface area contributed by atoms with Crippen molar-refractivity contribution in [2.45, 2.75) is 26.7 Å². The molecule has 0 saturated carbocycles. The number of aldehydes is 1. The first-order chi connectivity index (χ1) is 3.31. The SMILES string of the molecule is CCC(C)CC=O. The van der Waals surface area contributed by atoms with Crippen molar-refractivity contribution in [3.05, 3.63) is 0 Å². The molecule has 1 atom stereocenters. The normalized spacial score (nSPS) is 13.4. The van der Waals surface area contributed by atoms with Crippen molar-refractivity contribution in [2.75, 3.05) is 0 Å². The largest absolute Gasteiger partial charge is 0.303 e. The van der Waals surface area contributed by atoms with Crippen LogP contribution in [0.2, 0.25) is 0 Å². The minimum absolute atomic E-state index is 0.581. The van der Waals surface area contributed by atoms with E-state index in [4.69, 9.17) is 0 Å². The van der Waals surface area contributed by atoms with E-state index in [2.05, 4.69) is 13.8 Å². The van der Waals surface area contributed by atoms with E-state index >= 15 is 0 Å². The van der Waals surface area contributed by atoms with Gasteiger partial charge in [0.25, 0.3) is 0 Å². The second-order valence-corrected chi connectivity index (χ2v) is 1.92. The van der Waals surface area contributed by atoms with Crippen molar-refractivity contribution >= 4 is 6.29 Å². The molecule has 0 rings (SSSR count). The molecule has 0 aliphatic rings. The number of hydrogen-bond acceptors (Lipinski definition) is 1. The number of carbonyl (C=O) groups excluding carboxylic acids is 1. The highest BCUT2D eigenvalue weighted by Gasteiger charge is 1.93. The Kier molecular flexibility index (Phi) is 3.67. The Morgan fingerprint density at radius 2 is 2.29 bits per heavy atom. The molecule has 0 bridgehead atoms. The summed E-state index contributed by atoms with van der Waals surface area (Å²) in [6.07, 6.45) is 2.81. The van der Waals surface area contributed by atoms with Crippen LogP contribution in [0.1, 0.15) is 26.7 Å². The maximum atomic E-state index is 9.77. The molecule has 0 aliphatic heterocycles. The maximum absolute atomic E-state index is 9.77. The van der Waals surface area contributed by atoms with Crippen LogP contribution >= 0.6 is 0 Å². The number of carbonyl (C=O) groups is 1. The van der Waals surface area contributed by atoms with E-state index in [0.29, 0.717) is 5.92 Å². The summed E-state index contributed by atoms with van der Waals surface area (Å²) in [5.41, 5.74) is 0. The molecule has 1 unspecified atom stereocenters. The summed E-state index contributed by atoms with van der Waals surface area (Å²) in [5.74, 6) is 0.581. The van der Waals surface area contributed by atoms with E-state index in [1.54, 1.807) is 0 Å². The quantitative estimate of drug-likeness (QED) is 0.492. The molecule has 0 radical (unpaired) electrons. The van der Waals surface area contributed by atoms with Gasteiger partial charge in [-0.2, -0.15) is 0 Å². The fourth-order valence-corrected chi connectivity index (χ4v) is 0.331. The van der Waals surface area contributed by atoms with Crippen LogP contribution in [0.25, 0.3) is 0 Å². The average Bonchev–Trinajstić information content (AvgIpc) is 1.68. The Morgan fingerprint density at radius 1 is 1.71 bits per heavy atom. The molecular formula is C6H12O. The van der Waals surface area contributed by atoms with E-state index < -0.39 is 0 Å². The first kappa shape index (κ1) is 6.67. The van der Waals surface area contributed by atoms with Gasteiger partial charge in [-0.1, -0.05) is 20.3 Å². The Morgan fingerprint density at radius 3 is 2.43 bits per heavy atom. The van der Waals surface area contributed by atoms with Crippen LogP contribution in [0, 0.1) is 5.92 Å². The van der Waals surface area contributed by atoms with E-state index in [-0.39, 0.29) is 0 Å². The van der Waals surface area contributed by atoms with Gasteiger partial charge in [-0.05, 0) is 5.92 Å². The van der Waals surface area contributed by atoms with Crippen LogP contribution in [0.5, 0.6) is 0 Å². The van der Waals surface area contributed by atoms with Crippen molar-refractivity contribution in [1.29, 1.82) is 0 Å². The van der Waals surface area contributed by atoms with Crippen molar-refractivity contribution in [2.24, 2.45) is 5.92 Å². The Labute approximate surface area is 44.7 Å². The molecule has 0 spiro atoms. The third kappa shape index (κ3) is 3.50. The van der Waals surface area contributed by atoms with Gasteiger partial charge < -0.3 is 4.79 Å². The minimum atomic E-state index is 0.581. The monoisotopic (exact) mass is 100 g/mol. The highest BCUT2D eigenvalue weighted by Crippen LogP contribution is 2.01. The van der Waals surface area contributed by atoms with Gasteiger partial charge in [0.1, 0.15) is 6.29 Å². The smallest absolute Gasteiger partial charge is 0.120 e. The first-order valence-corrected chi connectivity index (χ1v) is 2.74. The molecule has 1 nitrogen and oxygen atoms in total. The lowest BCUT2D eigenvalue weighted by Gasteiger charge is -1.98. The van der Waals surface area contributed by atoms with E-state index in [9.17, 15) is 4.79 Å². The topological polar surface area (TPSA) is 17.1 Å². The fourth-order valence-electron chi connectivity index (χ4n) is 0.331. The molecule has 0 saturated heterocycles. The van der Waals surface area contributed by atoms with Gasteiger partial charge in [-0.15, -0.1) is 0 Å². The lowest BCUT2D eigenvalue weighted by Crippen LogP contribution is -1.90. The summed E-state index contributed by atoms with van der Waals surface area (Å²) in [6.45, 7) is 4.17. The maximum Gasteiger partial charge on any atom is 0.120 e. The molecule has 0 amide bonds. The van der Waals surface area contributed by atoms with Crippen LogP contribution in [0.15, 0.2) is 0 Å². The van der Waals surface area contributed by atoms with Crippen LogP contribution in [0.4, 0.5) is 0 Å². The molecule has 0 fully saturated rings. The van der Waals surface area contributed by atoms with Crippen molar-refractivity contribution < 1.29 is 4.79 Å². The molecule has 0 aromatic heterocycles. The van der Waals surface area contributed by atoms with Gasteiger partial charge in [0, 0.05) is 6.42 Å². The van der Waals surface area contributed by atoms with Crippen molar-refractivity contribution in [3.8, 4) is 0 Å². The van der Waals surface area contributed by atoms with Gasteiger partial charge in [0.15, 0.2) is 0 Å². The van der Waals surface area contributed by atoms with Crippen molar-refractivity contribution in [3.63, 3.8) is 0 Å². The zero-order valence-electron chi connectivity index (χ0n) is 4.98. The zero-order valence-corrected chi connectivity index (χ0v) is 4.98. The molecule has 0 heterocycles. The third-order valence-corrected chi connectivity index (χ3v) is 1.20. The highest BCUT2D eigenvalue weighted by molar-refractivity contribution is 5.49. The molecule has 42 valence electrons. The molecule has 0 aromatic carbocycles. The molecular weight excluding hydrogens is 88.1 g/mol. The predicted molar refractivity (Wildman–Crippen MR) is 30.1 cm³/mol. The Bertz CT molecular complexity index is 50.1. The van der Waals surface area contributed by atoms with E-state index in [0.717, 1.165) is 19.1 Å². The average molecular weight is 100 g/mol. The zero-order chi connectivity index (χ0) is 5.70. The Hall–Kier alpha value is -0.330. The van der Waals surface area contributed by atoms with Crippen LogP contribution in [-0.4, -0.2) is 6.29 Å². The number of hydrogen-bond donors (Lipinski definition) is 0. The lowest BCUT2D eigenvalue weighted by molar-refractivity contribution is -0.108. The summed E-state index contributed by atoms with van der Waals surface area (Å²) in [7, 11) is 0. The number of rotatable bonds is 3. The summed E-state index contributed by atoms with van der Waals surface area (Å²) < 4.78 is 0. The van der Waals surface area contributed by atoms with Crippen LogP contribution in [-0.2, 0) is 4.79 Å². The minimum Gasteiger partial charge on any atom is -0.303 e. The second kappa shape index (κ2) is 3.85. The van der Waals surface area contributed by atoms with Crippen LogP contribution in [0.3, 0.4) is 0 Å². The van der Waals surface area contributed by atoms with Crippen LogP contribution < -0.4 is 0 Å². The molecule has 0 aliphatic carbocycles. The lowest BCUT2D eigenvalue weighted by atomic mass is 10.1. The molecule has 7 heavy (non-hydrogen) atoms. The second-order valence-electron chi connectivity index (χ2n) is 1.92. The van der Waals surface area contributed by atoms with Gasteiger partial charge in [-0.3, -0.25) is 0 Å². The molecule has 1 heteroatoms. The predicted octanol–water partition coefficient (Wildman–Crippen LogP) is 1.62. The molecule has 0 aromatic rings. The standard InChI is InChI=1S/C6H12O/c1-3-6(2)4-5-7/h5-6H,3-4H2,1-2H3. The highest BCUT2D eigenvalue weighted by atomic mass is 16.1. The van der Waals surface area contributed by atoms with Gasteiger partial charge in [-0.25, -0.2) is 0 Å². The fraction of sp³-hybridized carbons (Fsp3) is 0.833. The summed E-state index contributed by atoms with van der Waals surface area (Å²) in [5, 5.41) is 0. The van der Waals surface area contributed by atoms with E-state index in [1.165, 1.54) is 0 Å². The van der Waals surface area contributed by atoms with E-state index in [1.807, 2.05) is 0 Å². The first-order valence-electron chi connectivity index (χ1n) is 2.74.